The van der Waals surface area contributed by atoms with Gasteiger partial charge in [0.05, 0.1) is 34.3 Å². The Morgan fingerprint density at radius 2 is 1.62 bits per heavy atom. The van der Waals surface area contributed by atoms with Gasteiger partial charge in [0.25, 0.3) is 5.91 Å². The van der Waals surface area contributed by atoms with Crippen molar-refractivity contribution >= 4 is 42.1 Å². The minimum absolute atomic E-state index is 0. The molecular weight excluding hydrogens is 495 g/mol. The quantitative estimate of drug-likeness (QED) is 0.382. The van der Waals surface area contributed by atoms with Crippen LogP contribution in [0.1, 0.15) is 23.7 Å². The summed E-state index contributed by atoms with van der Waals surface area (Å²) in [6.07, 6.45) is 3.76. The van der Waals surface area contributed by atoms with Crippen LogP contribution in [0.25, 0.3) is 11.1 Å². The molecule has 0 saturated carbocycles. The van der Waals surface area contributed by atoms with Gasteiger partial charge in [-0.25, -0.2) is 17.6 Å². The number of carbonyl (C=O) groups excluding carboxylic acids is 1. The summed E-state index contributed by atoms with van der Waals surface area (Å²) in [5.41, 5.74) is 4.20. The smallest absolute Gasteiger partial charge is 0.258 e. The molecule has 2 aromatic carbocycles. The number of pyridine rings is 1. The van der Waals surface area contributed by atoms with E-state index in [0.717, 1.165) is 36.8 Å². The van der Waals surface area contributed by atoms with Crippen LogP contribution in [-0.2, 0) is 0 Å². The first-order valence-electron chi connectivity index (χ1n) is 10.0. The van der Waals surface area contributed by atoms with Crippen LogP contribution in [0.3, 0.4) is 0 Å². The Morgan fingerprint density at radius 3 is 2.24 bits per heavy atom. The van der Waals surface area contributed by atoms with Crippen molar-refractivity contribution in [3.8, 4) is 11.1 Å². The fourth-order valence-corrected chi connectivity index (χ4v) is 3.42. The lowest BCUT2D eigenvalue weighted by atomic mass is 9.99. The second-order valence-electron chi connectivity index (χ2n) is 7.00. The summed E-state index contributed by atoms with van der Waals surface area (Å²) in [5.74, 6) is -5.77. The van der Waals surface area contributed by atoms with Gasteiger partial charge >= 0.3 is 0 Å². The Bertz CT molecular complexity index is 1110. The average Bonchev–Trinajstić information content (AvgIpc) is 2.76. The van der Waals surface area contributed by atoms with Crippen LogP contribution >= 0.6 is 24.8 Å². The van der Waals surface area contributed by atoms with Crippen molar-refractivity contribution in [1.29, 1.82) is 0 Å². The largest absolute Gasteiger partial charge is 0.369 e. The molecule has 1 heterocycles. The molecule has 0 unspecified atom stereocenters. The number of hydrogen-bond acceptors (Lipinski definition) is 4. The Hall–Kier alpha value is -2.88. The van der Waals surface area contributed by atoms with E-state index in [2.05, 4.69) is 10.3 Å². The van der Waals surface area contributed by atoms with Crippen molar-refractivity contribution in [3.05, 3.63) is 77.6 Å². The van der Waals surface area contributed by atoms with E-state index >= 15 is 4.39 Å². The van der Waals surface area contributed by atoms with Crippen LogP contribution in [0.5, 0.6) is 0 Å². The van der Waals surface area contributed by atoms with Crippen LogP contribution in [0, 0.1) is 23.3 Å². The Kier molecular flexibility index (Phi) is 11.3. The Balaban J connectivity index is 0.00000289. The molecular formula is C23H24Cl2F4N4O. The van der Waals surface area contributed by atoms with Gasteiger partial charge in [0.2, 0.25) is 0 Å². The van der Waals surface area contributed by atoms with Crippen molar-refractivity contribution in [2.75, 3.05) is 29.9 Å². The summed E-state index contributed by atoms with van der Waals surface area (Å²) in [6.45, 7) is 3.54. The fraction of sp³-hybridized carbons (Fsp3) is 0.217. The second-order valence-corrected chi connectivity index (χ2v) is 7.00. The van der Waals surface area contributed by atoms with Gasteiger partial charge in [-0.3, -0.25) is 9.78 Å². The number of hydrogen-bond donors (Lipinski definition) is 2. The van der Waals surface area contributed by atoms with Gasteiger partial charge in [-0.05, 0) is 36.8 Å². The third kappa shape index (κ3) is 6.16. The molecule has 0 bridgehead atoms. The Morgan fingerprint density at radius 1 is 0.971 bits per heavy atom. The second kappa shape index (κ2) is 13.1. The third-order valence-corrected chi connectivity index (χ3v) is 4.83. The maximum absolute atomic E-state index is 15.2. The number of benzene rings is 2. The number of anilines is 2. The molecule has 0 fully saturated rings. The summed E-state index contributed by atoms with van der Waals surface area (Å²) in [5, 5.41) is 2.56. The number of nitrogens with one attached hydrogen (secondary N) is 1. The highest BCUT2D eigenvalue weighted by Crippen LogP contribution is 2.33. The summed E-state index contributed by atoms with van der Waals surface area (Å²) in [4.78, 5) is 18.8. The molecule has 0 spiro atoms. The van der Waals surface area contributed by atoms with E-state index in [1.807, 2.05) is 11.8 Å². The minimum Gasteiger partial charge on any atom is -0.369 e. The topological polar surface area (TPSA) is 71.2 Å². The minimum atomic E-state index is -1.37. The lowest BCUT2D eigenvalue weighted by molar-refractivity contribution is 0.102. The lowest BCUT2D eigenvalue weighted by Crippen LogP contribution is -2.31. The first-order valence-corrected chi connectivity index (χ1v) is 10.0. The fourth-order valence-electron chi connectivity index (χ4n) is 3.42. The van der Waals surface area contributed by atoms with Crippen LogP contribution < -0.4 is 16.0 Å². The zero-order chi connectivity index (χ0) is 23.3. The number of rotatable bonds is 8. The van der Waals surface area contributed by atoms with Gasteiger partial charge in [-0.2, -0.15) is 0 Å². The maximum atomic E-state index is 15.2. The van der Waals surface area contributed by atoms with E-state index in [9.17, 15) is 18.0 Å². The van der Waals surface area contributed by atoms with Crippen LogP contribution in [-0.4, -0.2) is 30.5 Å². The molecule has 3 N–H and O–H groups in total. The van der Waals surface area contributed by atoms with Gasteiger partial charge < -0.3 is 16.0 Å². The highest BCUT2D eigenvalue weighted by atomic mass is 35.5. The molecule has 3 aromatic rings. The normalized spacial score (nSPS) is 10.2. The molecule has 34 heavy (non-hydrogen) atoms. The maximum Gasteiger partial charge on any atom is 0.258 e. The van der Waals surface area contributed by atoms with Crippen molar-refractivity contribution in [2.45, 2.75) is 13.3 Å². The van der Waals surface area contributed by atoms with Crippen molar-refractivity contribution in [2.24, 2.45) is 5.73 Å². The zero-order valence-electron chi connectivity index (χ0n) is 18.2. The summed E-state index contributed by atoms with van der Waals surface area (Å²) in [7, 11) is 0. The average molecular weight is 519 g/mol. The van der Waals surface area contributed by atoms with E-state index in [-0.39, 0.29) is 24.8 Å². The van der Waals surface area contributed by atoms with Gasteiger partial charge in [-0.15, -0.1) is 24.8 Å². The van der Waals surface area contributed by atoms with Gasteiger partial charge in [0.1, 0.15) is 23.3 Å². The molecule has 0 aliphatic rings. The molecule has 5 nitrogen and oxygen atoms in total. The number of carbonyl (C=O) groups is 1. The third-order valence-electron chi connectivity index (χ3n) is 4.83. The van der Waals surface area contributed by atoms with Gasteiger partial charge in [0.15, 0.2) is 0 Å². The number of halogens is 6. The van der Waals surface area contributed by atoms with E-state index in [0.29, 0.717) is 31.0 Å². The molecule has 0 aliphatic carbocycles. The predicted octanol–water partition coefficient (Wildman–Crippen LogP) is 5.58. The number of aromatic nitrogens is 1. The number of nitrogens with two attached hydrogens (primary N) is 1. The van der Waals surface area contributed by atoms with E-state index in [4.69, 9.17) is 5.73 Å². The lowest BCUT2D eigenvalue weighted by Gasteiger charge is -2.26. The molecule has 0 atom stereocenters. The van der Waals surface area contributed by atoms with Gasteiger partial charge in [-0.1, -0.05) is 13.0 Å². The highest BCUT2D eigenvalue weighted by Gasteiger charge is 2.25. The molecule has 184 valence electrons. The molecule has 1 amide bonds. The molecule has 3 rings (SSSR count). The van der Waals surface area contributed by atoms with Crippen molar-refractivity contribution in [1.82, 2.24) is 4.98 Å². The van der Waals surface area contributed by atoms with E-state index < -0.39 is 45.9 Å². The van der Waals surface area contributed by atoms with Crippen LogP contribution in [0.4, 0.5) is 28.9 Å². The van der Waals surface area contributed by atoms with Crippen LogP contribution in [0.15, 0.2) is 48.8 Å². The standard InChI is InChI=1S/C23H22F4N4O.2ClH/c1-2-11-31(12-9-28)19-8-10-29-13-18(19)30-23(32)14-6-7-17(26)21(22(14)27)20-15(24)4-3-5-16(20)25;;/h3-8,10,13H,2,9,11-12,28H2,1H3,(H,30,32);2*1H. The molecule has 11 heteroatoms. The van der Waals surface area contributed by atoms with Crippen molar-refractivity contribution in [3.63, 3.8) is 0 Å². The molecule has 0 radical (unpaired) electrons. The first kappa shape index (κ1) is 29.2. The number of nitrogens with zero attached hydrogens (tertiary/aromatic N) is 2. The molecule has 1 aromatic heterocycles. The van der Waals surface area contributed by atoms with Gasteiger partial charge in [0, 0.05) is 25.8 Å². The Labute approximate surface area is 207 Å². The molecule has 0 saturated heterocycles. The highest BCUT2D eigenvalue weighted by molar-refractivity contribution is 6.06. The monoisotopic (exact) mass is 518 g/mol. The predicted molar refractivity (Wildman–Crippen MR) is 130 cm³/mol. The SMILES string of the molecule is CCCN(CCN)c1ccncc1NC(=O)c1ccc(F)c(-c2c(F)cccc2F)c1F.Cl.Cl. The zero-order valence-corrected chi connectivity index (χ0v) is 19.8. The summed E-state index contributed by atoms with van der Waals surface area (Å²) in [6, 6.07) is 6.23. The molecule has 0 aliphatic heterocycles. The van der Waals surface area contributed by atoms with E-state index in [1.165, 1.54) is 6.20 Å². The number of amides is 1. The van der Waals surface area contributed by atoms with E-state index in [1.54, 1.807) is 12.3 Å². The van der Waals surface area contributed by atoms with Crippen molar-refractivity contribution < 1.29 is 22.4 Å². The summed E-state index contributed by atoms with van der Waals surface area (Å²) >= 11 is 0. The summed E-state index contributed by atoms with van der Waals surface area (Å²) < 4.78 is 57.9. The van der Waals surface area contributed by atoms with Crippen LogP contribution in [0.2, 0.25) is 0 Å². The first-order chi connectivity index (χ1) is 15.4.